The summed E-state index contributed by atoms with van der Waals surface area (Å²) in [7, 11) is 0. The van der Waals surface area contributed by atoms with Crippen LogP contribution in [-0.2, 0) is 0 Å². The average molecular weight is 385 g/mol. The molecule has 2 heterocycles. The predicted molar refractivity (Wildman–Crippen MR) is 89.0 cm³/mol. The lowest BCUT2D eigenvalue weighted by atomic mass is 9.83. The molecular weight excluding hydrogens is 365 g/mol. The zero-order valence-electron chi connectivity index (χ0n) is 11.3. The number of nitrogens with zero attached hydrogens (tertiary/aromatic N) is 1. The fraction of sp³-hybridized carbons (Fsp3) is 0.538. The normalized spacial score (nSPS) is 21.3. The number of rotatable bonds is 3. The first kappa shape index (κ1) is 19.6. The molecule has 1 aliphatic rings. The Bertz CT molecular complexity index is 422. The third-order valence-corrected chi connectivity index (χ3v) is 3.79. The van der Waals surface area contributed by atoms with E-state index >= 15 is 0 Å². The van der Waals surface area contributed by atoms with Gasteiger partial charge >= 0.3 is 0 Å². The van der Waals surface area contributed by atoms with Gasteiger partial charge in [-0.25, -0.2) is 4.98 Å². The van der Waals surface area contributed by atoms with Crippen LogP contribution in [-0.4, -0.2) is 30.5 Å². The van der Waals surface area contributed by atoms with Gasteiger partial charge in [0.2, 0.25) is 0 Å². The highest BCUT2D eigenvalue weighted by atomic mass is 79.9. The summed E-state index contributed by atoms with van der Waals surface area (Å²) in [6.45, 7) is 4.93. The summed E-state index contributed by atoms with van der Waals surface area (Å²) < 4.78 is 0.877. The van der Waals surface area contributed by atoms with Gasteiger partial charge in [-0.05, 0) is 52.9 Å². The summed E-state index contributed by atoms with van der Waals surface area (Å²) in [5.41, 5.74) is 0.620. The van der Waals surface area contributed by atoms with Crippen LogP contribution in [0.1, 0.15) is 30.3 Å². The summed E-state index contributed by atoms with van der Waals surface area (Å²) in [6, 6.07) is 3.55. The van der Waals surface area contributed by atoms with Crippen molar-refractivity contribution in [2.45, 2.75) is 19.8 Å². The van der Waals surface area contributed by atoms with Gasteiger partial charge in [0.15, 0.2) is 0 Å². The van der Waals surface area contributed by atoms with E-state index < -0.39 is 0 Å². The summed E-state index contributed by atoms with van der Waals surface area (Å²) in [4.78, 5) is 16.0. The fourth-order valence-corrected chi connectivity index (χ4v) is 2.40. The molecule has 0 saturated carbocycles. The van der Waals surface area contributed by atoms with Crippen LogP contribution in [0, 0.1) is 5.41 Å². The van der Waals surface area contributed by atoms with Gasteiger partial charge in [0.25, 0.3) is 5.91 Å². The molecular formula is C13H20BrCl2N3O. The molecule has 0 aliphatic carbocycles. The number of aromatic nitrogens is 1. The van der Waals surface area contributed by atoms with E-state index in [-0.39, 0.29) is 36.1 Å². The Labute approximate surface area is 140 Å². The van der Waals surface area contributed by atoms with E-state index in [1.807, 2.05) is 6.07 Å². The van der Waals surface area contributed by atoms with Gasteiger partial charge in [-0.1, -0.05) is 6.92 Å². The summed E-state index contributed by atoms with van der Waals surface area (Å²) in [6.07, 6.45) is 3.95. The first-order valence-corrected chi connectivity index (χ1v) is 6.99. The molecule has 2 N–H and O–H groups in total. The Morgan fingerprint density at radius 3 is 2.80 bits per heavy atom. The summed E-state index contributed by atoms with van der Waals surface area (Å²) in [5.74, 6) is -0.103. The number of carbonyl (C=O) groups is 1. The minimum atomic E-state index is -0.103. The molecule has 1 fully saturated rings. The van der Waals surface area contributed by atoms with E-state index in [0.717, 1.165) is 24.0 Å². The van der Waals surface area contributed by atoms with E-state index in [0.29, 0.717) is 12.2 Å². The second-order valence-electron chi connectivity index (χ2n) is 5.14. The molecule has 1 aromatic rings. The van der Waals surface area contributed by atoms with Crippen molar-refractivity contribution < 1.29 is 4.79 Å². The van der Waals surface area contributed by atoms with E-state index in [1.54, 1.807) is 12.3 Å². The minimum Gasteiger partial charge on any atom is -0.350 e. The number of nitrogens with one attached hydrogen (secondary N) is 2. The second-order valence-corrected chi connectivity index (χ2v) is 6.05. The standard InChI is InChI=1S/C13H18BrN3O.2ClH/c1-13(5-2-6-15-8-13)9-17-12(18)11-4-3-10(14)7-16-11;;/h3-4,7,15H,2,5-6,8-9H2,1H3,(H,17,18);2*1H. The fourth-order valence-electron chi connectivity index (χ4n) is 2.16. The van der Waals surface area contributed by atoms with Gasteiger partial charge in [0.05, 0.1) is 0 Å². The molecule has 7 heteroatoms. The SMILES string of the molecule is CC1(CNC(=O)c2ccc(Br)cn2)CCCNC1.Cl.Cl. The first-order chi connectivity index (χ1) is 8.59. The molecule has 1 saturated heterocycles. The summed E-state index contributed by atoms with van der Waals surface area (Å²) >= 11 is 3.30. The van der Waals surface area contributed by atoms with Crippen LogP contribution in [0.2, 0.25) is 0 Å². The molecule has 0 bridgehead atoms. The molecule has 1 aliphatic heterocycles. The average Bonchev–Trinajstić information content (AvgIpc) is 2.38. The lowest BCUT2D eigenvalue weighted by Crippen LogP contribution is -2.45. The quantitative estimate of drug-likeness (QED) is 0.842. The molecule has 20 heavy (non-hydrogen) atoms. The highest BCUT2D eigenvalue weighted by Gasteiger charge is 2.27. The smallest absolute Gasteiger partial charge is 0.269 e. The Hall–Kier alpha value is -0.360. The van der Waals surface area contributed by atoms with Crippen LogP contribution in [0.4, 0.5) is 0 Å². The maximum absolute atomic E-state index is 11.9. The lowest BCUT2D eigenvalue weighted by molar-refractivity contribution is 0.0919. The third kappa shape index (κ3) is 5.56. The predicted octanol–water partition coefficient (Wildman–Crippen LogP) is 2.81. The van der Waals surface area contributed by atoms with Crippen molar-refractivity contribution in [2.24, 2.45) is 5.41 Å². The van der Waals surface area contributed by atoms with Crippen molar-refractivity contribution in [3.8, 4) is 0 Å². The van der Waals surface area contributed by atoms with Crippen LogP contribution >= 0.6 is 40.7 Å². The van der Waals surface area contributed by atoms with E-state index in [2.05, 4.69) is 38.5 Å². The number of hydrogen-bond donors (Lipinski definition) is 2. The van der Waals surface area contributed by atoms with E-state index in [4.69, 9.17) is 0 Å². The third-order valence-electron chi connectivity index (χ3n) is 3.32. The van der Waals surface area contributed by atoms with Crippen LogP contribution in [0.5, 0.6) is 0 Å². The summed E-state index contributed by atoms with van der Waals surface area (Å²) in [5, 5.41) is 6.35. The van der Waals surface area contributed by atoms with Crippen molar-refractivity contribution in [1.29, 1.82) is 0 Å². The first-order valence-electron chi connectivity index (χ1n) is 6.20. The second kappa shape index (κ2) is 8.82. The highest BCUT2D eigenvalue weighted by Crippen LogP contribution is 2.24. The van der Waals surface area contributed by atoms with Gasteiger partial charge in [-0.15, -0.1) is 24.8 Å². The number of halogens is 3. The number of amides is 1. The Kier molecular flexibility index (Phi) is 8.66. The maximum atomic E-state index is 11.9. The van der Waals surface area contributed by atoms with Crippen molar-refractivity contribution in [3.05, 3.63) is 28.5 Å². The van der Waals surface area contributed by atoms with Gasteiger partial charge in [0.1, 0.15) is 5.69 Å². The topological polar surface area (TPSA) is 54.0 Å². The van der Waals surface area contributed by atoms with Crippen molar-refractivity contribution >= 4 is 46.7 Å². The molecule has 1 aromatic heterocycles. The van der Waals surface area contributed by atoms with Crippen LogP contribution in [0.3, 0.4) is 0 Å². The van der Waals surface area contributed by atoms with Gasteiger partial charge in [-0.3, -0.25) is 4.79 Å². The Morgan fingerprint density at radius 2 is 2.25 bits per heavy atom. The number of piperidine rings is 1. The van der Waals surface area contributed by atoms with Crippen LogP contribution < -0.4 is 10.6 Å². The van der Waals surface area contributed by atoms with Gasteiger partial charge in [-0.2, -0.15) is 0 Å². The maximum Gasteiger partial charge on any atom is 0.269 e. The minimum absolute atomic E-state index is 0. The number of carbonyl (C=O) groups excluding carboxylic acids is 1. The molecule has 114 valence electrons. The number of pyridine rings is 1. The largest absolute Gasteiger partial charge is 0.350 e. The van der Waals surface area contributed by atoms with Crippen LogP contribution in [0.15, 0.2) is 22.8 Å². The molecule has 2 rings (SSSR count). The molecule has 0 aromatic carbocycles. The van der Waals surface area contributed by atoms with Crippen molar-refractivity contribution in [3.63, 3.8) is 0 Å². The molecule has 0 spiro atoms. The van der Waals surface area contributed by atoms with Gasteiger partial charge in [0, 0.05) is 23.8 Å². The van der Waals surface area contributed by atoms with Crippen molar-refractivity contribution in [2.75, 3.05) is 19.6 Å². The Morgan fingerprint density at radius 1 is 1.50 bits per heavy atom. The van der Waals surface area contributed by atoms with E-state index in [1.165, 1.54) is 6.42 Å². The molecule has 1 amide bonds. The Balaban J connectivity index is 0.00000180. The number of hydrogen-bond acceptors (Lipinski definition) is 3. The van der Waals surface area contributed by atoms with Gasteiger partial charge < -0.3 is 10.6 Å². The zero-order chi connectivity index (χ0) is 13.0. The lowest BCUT2D eigenvalue weighted by Gasteiger charge is -2.34. The monoisotopic (exact) mass is 383 g/mol. The molecule has 0 radical (unpaired) electrons. The molecule has 4 nitrogen and oxygen atoms in total. The zero-order valence-corrected chi connectivity index (χ0v) is 14.5. The van der Waals surface area contributed by atoms with E-state index in [9.17, 15) is 4.79 Å². The molecule has 1 unspecified atom stereocenters. The highest BCUT2D eigenvalue weighted by molar-refractivity contribution is 9.10. The van der Waals surface area contributed by atoms with Crippen LogP contribution in [0.25, 0.3) is 0 Å². The molecule has 1 atom stereocenters. The van der Waals surface area contributed by atoms with Crippen molar-refractivity contribution in [1.82, 2.24) is 15.6 Å².